The maximum atomic E-state index is 12.0. The Bertz CT molecular complexity index is 320. The normalized spacial score (nSPS) is 16.6. The van der Waals surface area contributed by atoms with Gasteiger partial charge in [-0.05, 0) is 27.8 Å². The maximum absolute atomic E-state index is 12.0. The first kappa shape index (κ1) is 15.9. The highest BCUT2D eigenvalue weighted by molar-refractivity contribution is 5.79. The molecule has 0 aliphatic carbocycles. The summed E-state index contributed by atoms with van der Waals surface area (Å²) in [6.07, 6.45) is 0. The van der Waals surface area contributed by atoms with E-state index >= 15 is 0 Å². The number of nitrogens with zero attached hydrogens (tertiary/aromatic N) is 2. The minimum absolute atomic E-state index is 0.0626. The van der Waals surface area contributed by atoms with Crippen LogP contribution in [0.5, 0.6) is 0 Å². The molecular weight excluding hydrogens is 246 g/mol. The molecular formula is C13H25N3O3. The fraction of sp³-hybridized carbons (Fsp3) is 0.846. The van der Waals surface area contributed by atoms with Gasteiger partial charge in [-0.1, -0.05) is 0 Å². The van der Waals surface area contributed by atoms with Crippen molar-refractivity contribution in [3.8, 4) is 0 Å². The smallest absolute Gasteiger partial charge is 0.320 e. The molecule has 0 aromatic carbocycles. The summed E-state index contributed by atoms with van der Waals surface area (Å²) in [4.78, 5) is 27.1. The van der Waals surface area contributed by atoms with E-state index in [-0.39, 0.29) is 25.0 Å². The molecule has 0 spiro atoms. The lowest BCUT2D eigenvalue weighted by Crippen LogP contribution is -2.49. The van der Waals surface area contributed by atoms with Crippen molar-refractivity contribution in [1.29, 1.82) is 0 Å². The molecule has 1 saturated heterocycles. The second-order valence-electron chi connectivity index (χ2n) is 5.89. The Morgan fingerprint density at radius 3 is 2.32 bits per heavy atom. The minimum Gasteiger partial charge on any atom is -0.459 e. The van der Waals surface area contributed by atoms with Crippen LogP contribution < -0.4 is 5.32 Å². The van der Waals surface area contributed by atoms with E-state index in [1.807, 2.05) is 25.7 Å². The first-order valence-corrected chi connectivity index (χ1v) is 6.67. The van der Waals surface area contributed by atoms with Crippen molar-refractivity contribution < 1.29 is 14.3 Å². The van der Waals surface area contributed by atoms with Gasteiger partial charge in [0.05, 0.1) is 13.1 Å². The summed E-state index contributed by atoms with van der Waals surface area (Å²) in [7, 11) is 1.75. The molecule has 110 valence electrons. The number of carbonyl (C=O) groups excluding carboxylic acids is 2. The lowest BCUT2D eigenvalue weighted by molar-refractivity contribution is -0.156. The van der Waals surface area contributed by atoms with Crippen molar-refractivity contribution in [3.63, 3.8) is 0 Å². The molecule has 6 heteroatoms. The maximum Gasteiger partial charge on any atom is 0.320 e. The molecule has 1 rings (SSSR count). The fourth-order valence-corrected chi connectivity index (χ4v) is 1.90. The Labute approximate surface area is 115 Å². The fourth-order valence-electron chi connectivity index (χ4n) is 1.90. The number of carbonyl (C=O) groups is 2. The highest BCUT2D eigenvalue weighted by Gasteiger charge is 2.21. The van der Waals surface area contributed by atoms with Crippen LogP contribution >= 0.6 is 0 Å². The molecule has 1 N–H and O–H groups in total. The van der Waals surface area contributed by atoms with Gasteiger partial charge in [0.2, 0.25) is 5.91 Å². The number of esters is 1. The highest BCUT2D eigenvalue weighted by Crippen LogP contribution is 2.07. The first-order chi connectivity index (χ1) is 8.78. The summed E-state index contributed by atoms with van der Waals surface area (Å²) in [5, 5.41) is 3.20. The van der Waals surface area contributed by atoms with E-state index < -0.39 is 5.60 Å². The zero-order chi connectivity index (χ0) is 14.5. The Morgan fingerprint density at radius 1 is 1.21 bits per heavy atom. The van der Waals surface area contributed by atoms with Crippen molar-refractivity contribution in [2.24, 2.45) is 0 Å². The van der Waals surface area contributed by atoms with Gasteiger partial charge in [0.25, 0.3) is 0 Å². The first-order valence-electron chi connectivity index (χ1n) is 6.67. The zero-order valence-corrected chi connectivity index (χ0v) is 12.4. The van der Waals surface area contributed by atoms with Gasteiger partial charge >= 0.3 is 5.97 Å². The SMILES string of the molecule is CN(CC(=O)OC(C)(C)C)CC(=O)N1CCNCC1. The van der Waals surface area contributed by atoms with Crippen LogP contribution in [0, 0.1) is 0 Å². The Kier molecular flexibility index (Phi) is 5.75. The monoisotopic (exact) mass is 271 g/mol. The van der Waals surface area contributed by atoms with Crippen LogP contribution in [0.1, 0.15) is 20.8 Å². The van der Waals surface area contributed by atoms with Crippen LogP contribution in [0.2, 0.25) is 0 Å². The van der Waals surface area contributed by atoms with E-state index in [4.69, 9.17) is 4.74 Å². The standard InChI is InChI=1S/C13H25N3O3/c1-13(2,3)19-12(18)10-15(4)9-11(17)16-7-5-14-6-8-16/h14H,5-10H2,1-4H3. The molecule has 1 aliphatic heterocycles. The molecule has 0 aromatic heterocycles. The third-order valence-corrected chi connectivity index (χ3v) is 2.69. The van der Waals surface area contributed by atoms with Gasteiger partial charge in [0.15, 0.2) is 0 Å². The van der Waals surface area contributed by atoms with Gasteiger partial charge in [0, 0.05) is 26.2 Å². The largest absolute Gasteiger partial charge is 0.459 e. The summed E-state index contributed by atoms with van der Waals surface area (Å²) < 4.78 is 5.22. The molecule has 0 radical (unpaired) electrons. The molecule has 0 saturated carbocycles. The van der Waals surface area contributed by atoms with Gasteiger partial charge in [0.1, 0.15) is 5.60 Å². The Hall–Kier alpha value is -1.14. The molecule has 0 atom stereocenters. The van der Waals surface area contributed by atoms with Crippen molar-refractivity contribution in [2.75, 3.05) is 46.3 Å². The van der Waals surface area contributed by atoms with E-state index in [2.05, 4.69) is 5.32 Å². The summed E-state index contributed by atoms with van der Waals surface area (Å²) in [6, 6.07) is 0. The van der Waals surface area contributed by atoms with Crippen LogP contribution in [0.15, 0.2) is 0 Å². The van der Waals surface area contributed by atoms with E-state index in [0.717, 1.165) is 26.2 Å². The number of rotatable bonds is 4. The molecule has 0 aromatic rings. The second-order valence-corrected chi connectivity index (χ2v) is 5.89. The predicted octanol–water partition coefficient (Wildman–Crippen LogP) is -0.308. The quantitative estimate of drug-likeness (QED) is 0.711. The third-order valence-electron chi connectivity index (χ3n) is 2.69. The molecule has 1 heterocycles. The summed E-state index contributed by atoms with van der Waals surface area (Å²) >= 11 is 0. The highest BCUT2D eigenvalue weighted by atomic mass is 16.6. The zero-order valence-electron chi connectivity index (χ0n) is 12.4. The number of hydrogen-bond acceptors (Lipinski definition) is 5. The second kappa shape index (κ2) is 6.86. The molecule has 1 fully saturated rings. The van der Waals surface area contributed by atoms with E-state index in [1.54, 1.807) is 11.9 Å². The van der Waals surface area contributed by atoms with Gasteiger partial charge in [-0.15, -0.1) is 0 Å². The number of hydrogen-bond donors (Lipinski definition) is 1. The van der Waals surface area contributed by atoms with Crippen LogP contribution in [-0.4, -0.2) is 73.6 Å². The Balaban J connectivity index is 2.31. The Morgan fingerprint density at radius 2 is 1.79 bits per heavy atom. The van der Waals surface area contributed by atoms with Gasteiger partial charge in [-0.3, -0.25) is 14.5 Å². The van der Waals surface area contributed by atoms with Crippen molar-refractivity contribution in [3.05, 3.63) is 0 Å². The summed E-state index contributed by atoms with van der Waals surface area (Å²) in [5.41, 5.74) is -0.486. The van der Waals surface area contributed by atoms with Crippen LogP contribution in [0.3, 0.4) is 0 Å². The minimum atomic E-state index is -0.486. The lowest BCUT2D eigenvalue weighted by Gasteiger charge is -2.29. The molecule has 0 bridgehead atoms. The lowest BCUT2D eigenvalue weighted by atomic mass is 10.2. The predicted molar refractivity (Wildman–Crippen MR) is 72.8 cm³/mol. The molecule has 1 amide bonds. The molecule has 19 heavy (non-hydrogen) atoms. The van der Waals surface area contributed by atoms with Crippen LogP contribution in [0.4, 0.5) is 0 Å². The van der Waals surface area contributed by atoms with Crippen LogP contribution in [0.25, 0.3) is 0 Å². The van der Waals surface area contributed by atoms with Crippen molar-refractivity contribution in [1.82, 2.24) is 15.1 Å². The number of piperazine rings is 1. The topological polar surface area (TPSA) is 61.9 Å². The summed E-state index contributed by atoms with van der Waals surface area (Å²) in [6.45, 7) is 9.01. The molecule has 6 nitrogen and oxygen atoms in total. The number of ether oxygens (including phenoxy) is 1. The van der Waals surface area contributed by atoms with E-state index in [1.165, 1.54) is 0 Å². The number of amides is 1. The van der Waals surface area contributed by atoms with Crippen molar-refractivity contribution >= 4 is 11.9 Å². The number of likely N-dealkylation sites (N-methyl/N-ethyl adjacent to an activating group) is 1. The number of nitrogens with one attached hydrogen (secondary N) is 1. The summed E-state index contributed by atoms with van der Waals surface area (Å²) in [5.74, 6) is -0.240. The van der Waals surface area contributed by atoms with E-state index in [0.29, 0.717) is 0 Å². The average molecular weight is 271 g/mol. The molecule has 0 unspecified atom stereocenters. The van der Waals surface area contributed by atoms with Crippen molar-refractivity contribution in [2.45, 2.75) is 26.4 Å². The third kappa shape index (κ3) is 6.54. The van der Waals surface area contributed by atoms with Gasteiger partial charge in [-0.25, -0.2) is 0 Å². The van der Waals surface area contributed by atoms with Gasteiger partial charge in [-0.2, -0.15) is 0 Å². The van der Waals surface area contributed by atoms with Crippen LogP contribution in [-0.2, 0) is 14.3 Å². The average Bonchev–Trinajstić information content (AvgIpc) is 2.27. The van der Waals surface area contributed by atoms with E-state index in [9.17, 15) is 9.59 Å². The van der Waals surface area contributed by atoms with Gasteiger partial charge < -0.3 is 15.0 Å². The molecule has 1 aliphatic rings.